The molecule has 0 aromatic rings. The molecule has 1 heterocycles. The summed E-state index contributed by atoms with van der Waals surface area (Å²) in [6, 6.07) is 0. The van der Waals surface area contributed by atoms with Gasteiger partial charge in [0.15, 0.2) is 5.78 Å². The van der Waals surface area contributed by atoms with Crippen molar-refractivity contribution in [1.29, 1.82) is 0 Å². The van der Waals surface area contributed by atoms with E-state index in [4.69, 9.17) is 0 Å². The third-order valence-corrected chi connectivity index (χ3v) is 2.27. The highest BCUT2D eigenvalue weighted by molar-refractivity contribution is 5.85. The molecule has 0 amide bonds. The maximum Gasteiger partial charge on any atom is 0.151 e. The van der Waals surface area contributed by atoms with E-state index in [1.165, 1.54) is 12.8 Å². The molecule has 50 valence electrons. The lowest BCUT2D eigenvalue weighted by molar-refractivity contribution is -0.119. The molecule has 9 heavy (non-hydrogen) atoms. The summed E-state index contributed by atoms with van der Waals surface area (Å²) in [5, 5.41) is 3.09. The van der Waals surface area contributed by atoms with Crippen molar-refractivity contribution in [1.82, 2.24) is 5.32 Å². The van der Waals surface area contributed by atoms with Crippen LogP contribution in [0.3, 0.4) is 0 Å². The van der Waals surface area contributed by atoms with Gasteiger partial charge in [0.2, 0.25) is 0 Å². The molecule has 2 nitrogen and oxygen atoms in total. The lowest BCUT2D eigenvalue weighted by atomic mass is 10.0. The van der Waals surface area contributed by atoms with Crippen molar-refractivity contribution >= 4 is 5.78 Å². The lowest BCUT2D eigenvalue weighted by Crippen LogP contribution is -2.12. The average Bonchev–Trinajstić information content (AvgIpc) is 2.58. The Labute approximate surface area is 54.6 Å². The number of carbonyl (C=O) groups is 1. The Morgan fingerprint density at radius 2 is 2.22 bits per heavy atom. The molecular formula is C7H11NO. The third-order valence-electron chi connectivity index (χ3n) is 2.27. The van der Waals surface area contributed by atoms with Crippen LogP contribution in [0, 0.1) is 11.8 Å². The Balaban J connectivity index is 2.01. The molecule has 0 radical (unpaired) electrons. The van der Waals surface area contributed by atoms with Crippen molar-refractivity contribution in [3.05, 3.63) is 0 Å². The highest BCUT2D eigenvalue weighted by Crippen LogP contribution is 2.37. The SMILES string of the molecule is O=C1CNCC1C1CC1. The van der Waals surface area contributed by atoms with E-state index in [1.807, 2.05) is 0 Å². The predicted molar refractivity (Wildman–Crippen MR) is 34.1 cm³/mol. The first-order chi connectivity index (χ1) is 4.38. The zero-order valence-corrected chi connectivity index (χ0v) is 5.39. The van der Waals surface area contributed by atoms with E-state index in [1.54, 1.807) is 0 Å². The predicted octanol–water partition coefficient (Wildman–Crippen LogP) is 0.185. The van der Waals surface area contributed by atoms with Crippen molar-refractivity contribution < 1.29 is 4.79 Å². The fourth-order valence-corrected chi connectivity index (χ4v) is 1.52. The van der Waals surface area contributed by atoms with Gasteiger partial charge in [-0.2, -0.15) is 0 Å². The molecule has 1 aliphatic heterocycles. The molecular weight excluding hydrogens is 114 g/mol. The first kappa shape index (κ1) is 5.42. The Kier molecular flexibility index (Phi) is 1.09. The highest BCUT2D eigenvalue weighted by atomic mass is 16.1. The summed E-state index contributed by atoms with van der Waals surface area (Å²) in [5.41, 5.74) is 0. The van der Waals surface area contributed by atoms with Crippen LogP contribution in [-0.4, -0.2) is 18.9 Å². The van der Waals surface area contributed by atoms with E-state index in [0.717, 1.165) is 12.5 Å². The molecule has 0 spiro atoms. The fourth-order valence-electron chi connectivity index (χ4n) is 1.52. The Bertz CT molecular complexity index is 140. The van der Waals surface area contributed by atoms with E-state index in [-0.39, 0.29) is 0 Å². The number of hydrogen-bond acceptors (Lipinski definition) is 2. The molecule has 2 fully saturated rings. The third kappa shape index (κ3) is 0.874. The first-order valence-corrected chi connectivity index (χ1v) is 3.61. The minimum absolute atomic E-state index is 0.394. The van der Waals surface area contributed by atoms with Gasteiger partial charge < -0.3 is 5.32 Å². The molecule has 2 heteroatoms. The zero-order valence-electron chi connectivity index (χ0n) is 5.39. The van der Waals surface area contributed by atoms with Crippen LogP contribution in [0.1, 0.15) is 12.8 Å². The number of carbonyl (C=O) groups excluding carboxylic acids is 1. The number of ketones is 1. The standard InChI is InChI=1S/C7H11NO/c9-7-4-8-3-6(7)5-1-2-5/h5-6,8H,1-4H2. The molecule has 1 aliphatic carbocycles. The van der Waals surface area contributed by atoms with E-state index >= 15 is 0 Å². The molecule has 1 N–H and O–H groups in total. The van der Waals surface area contributed by atoms with Crippen LogP contribution >= 0.6 is 0 Å². The second kappa shape index (κ2) is 1.81. The van der Waals surface area contributed by atoms with Crippen LogP contribution in [0.5, 0.6) is 0 Å². The smallest absolute Gasteiger partial charge is 0.151 e. The van der Waals surface area contributed by atoms with Gasteiger partial charge in [-0.1, -0.05) is 0 Å². The Morgan fingerprint density at radius 3 is 2.67 bits per heavy atom. The van der Waals surface area contributed by atoms with Crippen molar-refractivity contribution in [2.75, 3.05) is 13.1 Å². The molecule has 0 aromatic heterocycles. The summed E-state index contributed by atoms with van der Waals surface area (Å²) < 4.78 is 0. The second-order valence-electron chi connectivity index (χ2n) is 3.04. The molecule has 1 atom stereocenters. The summed E-state index contributed by atoms with van der Waals surface area (Å²) in [6.07, 6.45) is 2.58. The van der Waals surface area contributed by atoms with Gasteiger partial charge >= 0.3 is 0 Å². The minimum Gasteiger partial charge on any atom is -0.309 e. The van der Waals surface area contributed by atoms with Crippen LogP contribution in [-0.2, 0) is 4.79 Å². The topological polar surface area (TPSA) is 29.1 Å². The van der Waals surface area contributed by atoms with Gasteiger partial charge in [-0.25, -0.2) is 0 Å². The lowest BCUT2D eigenvalue weighted by Gasteiger charge is -2.00. The van der Waals surface area contributed by atoms with E-state index in [9.17, 15) is 4.79 Å². The van der Waals surface area contributed by atoms with Crippen LogP contribution in [0.15, 0.2) is 0 Å². The molecule has 0 bridgehead atoms. The summed E-state index contributed by atoms with van der Waals surface area (Å²) in [5.74, 6) is 1.59. The summed E-state index contributed by atoms with van der Waals surface area (Å²) >= 11 is 0. The maximum atomic E-state index is 11.0. The van der Waals surface area contributed by atoms with Crippen LogP contribution in [0.2, 0.25) is 0 Å². The second-order valence-corrected chi connectivity index (χ2v) is 3.04. The van der Waals surface area contributed by atoms with Crippen LogP contribution in [0.25, 0.3) is 0 Å². The molecule has 1 unspecified atom stereocenters. The van der Waals surface area contributed by atoms with Gasteiger partial charge in [0.05, 0.1) is 6.54 Å². The Hall–Kier alpha value is -0.370. The van der Waals surface area contributed by atoms with Gasteiger partial charge in [-0.3, -0.25) is 4.79 Å². The Morgan fingerprint density at radius 1 is 1.44 bits per heavy atom. The normalized spacial score (nSPS) is 35.6. The monoisotopic (exact) mass is 125 g/mol. The average molecular weight is 125 g/mol. The summed E-state index contributed by atoms with van der Waals surface area (Å²) in [4.78, 5) is 11.0. The van der Waals surface area contributed by atoms with E-state index in [0.29, 0.717) is 18.2 Å². The molecule has 2 aliphatic rings. The van der Waals surface area contributed by atoms with E-state index in [2.05, 4.69) is 5.32 Å². The molecule has 0 aromatic carbocycles. The minimum atomic E-state index is 0.394. The van der Waals surface area contributed by atoms with Gasteiger partial charge in [-0.05, 0) is 18.8 Å². The fraction of sp³-hybridized carbons (Fsp3) is 0.857. The molecule has 1 saturated heterocycles. The van der Waals surface area contributed by atoms with Crippen molar-refractivity contribution in [3.8, 4) is 0 Å². The van der Waals surface area contributed by atoms with E-state index < -0.39 is 0 Å². The number of hydrogen-bond donors (Lipinski definition) is 1. The van der Waals surface area contributed by atoms with Crippen molar-refractivity contribution in [3.63, 3.8) is 0 Å². The van der Waals surface area contributed by atoms with Gasteiger partial charge in [0.25, 0.3) is 0 Å². The molecule has 2 rings (SSSR count). The summed E-state index contributed by atoms with van der Waals surface area (Å²) in [7, 11) is 0. The number of Topliss-reactive ketones (excluding diaryl/α,β-unsaturated/α-hetero) is 1. The molecule has 1 saturated carbocycles. The van der Waals surface area contributed by atoms with Crippen molar-refractivity contribution in [2.45, 2.75) is 12.8 Å². The highest BCUT2D eigenvalue weighted by Gasteiger charge is 2.37. The number of rotatable bonds is 1. The van der Waals surface area contributed by atoms with Crippen LogP contribution < -0.4 is 5.32 Å². The largest absolute Gasteiger partial charge is 0.309 e. The van der Waals surface area contributed by atoms with Crippen molar-refractivity contribution in [2.24, 2.45) is 11.8 Å². The van der Waals surface area contributed by atoms with Gasteiger partial charge in [0, 0.05) is 12.5 Å². The quantitative estimate of drug-likeness (QED) is 0.542. The van der Waals surface area contributed by atoms with Crippen LogP contribution in [0.4, 0.5) is 0 Å². The van der Waals surface area contributed by atoms with Gasteiger partial charge in [0.1, 0.15) is 0 Å². The zero-order chi connectivity index (χ0) is 6.27. The summed E-state index contributed by atoms with van der Waals surface area (Å²) in [6.45, 7) is 1.57. The number of nitrogens with one attached hydrogen (secondary N) is 1. The van der Waals surface area contributed by atoms with Gasteiger partial charge in [-0.15, -0.1) is 0 Å². The first-order valence-electron chi connectivity index (χ1n) is 3.61. The maximum absolute atomic E-state index is 11.0.